The summed E-state index contributed by atoms with van der Waals surface area (Å²) in [5.41, 5.74) is 1.07. The number of rotatable bonds is 8. The molecule has 0 aromatic heterocycles. The molecular formula is C18H22BNO5. The number of carbonyl (C=O) groups excluding carboxylic acids is 2. The van der Waals surface area contributed by atoms with Crippen molar-refractivity contribution in [3.63, 3.8) is 0 Å². The standard InChI is InChI=1S/C18H22BNO5/c1-2-3-10-24-18(22)16-8-4-6-13-11-14(19(23)25-17(13)16)12-15(21)7-5-9-20/h4,6,8,14,23H,2-3,5,7,10-12H2,1H3/t14-/m1/s1. The first-order valence-corrected chi connectivity index (χ1v) is 8.59. The lowest BCUT2D eigenvalue weighted by atomic mass is 9.64. The van der Waals surface area contributed by atoms with Crippen LogP contribution in [0.15, 0.2) is 18.2 Å². The van der Waals surface area contributed by atoms with Gasteiger partial charge in [0.1, 0.15) is 17.1 Å². The highest BCUT2D eigenvalue weighted by Crippen LogP contribution is 2.36. The van der Waals surface area contributed by atoms with Crippen molar-refractivity contribution in [2.75, 3.05) is 6.61 Å². The van der Waals surface area contributed by atoms with Crippen LogP contribution in [0.25, 0.3) is 0 Å². The van der Waals surface area contributed by atoms with E-state index in [4.69, 9.17) is 14.7 Å². The van der Waals surface area contributed by atoms with Crippen LogP contribution in [0.4, 0.5) is 0 Å². The predicted octanol–water partition coefficient (Wildman–Crippen LogP) is 2.69. The first kappa shape index (κ1) is 19.0. The Kier molecular flexibility index (Phi) is 7.02. The van der Waals surface area contributed by atoms with E-state index >= 15 is 0 Å². The molecule has 1 aromatic carbocycles. The summed E-state index contributed by atoms with van der Waals surface area (Å²) in [5, 5.41) is 18.8. The van der Waals surface area contributed by atoms with Gasteiger partial charge in [-0.1, -0.05) is 25.5 Å². The third kappa shape index (κ3) is 5.07. The largest absolute Gasteiger partial charge is 0.535 e. The smallest absolute Gasteiger partial charge is 0.526 e. The fraction of sp³-hybridized carbons (Fsp3) is 0.500. The second-order valence-corrected chi connectivity index (χ2v) is 6.16. The Morgan fingerprint density at radius 2 is 2.28 bits per heavy atom. The Bertz CT molecular complexity index is 670. The summed E-state index contributed by atoms with van der Waals surface area (Å²) in [5.74, 6) is -0.601. The van der Waals surface area contributed by atoms with Gasteiger partial charge in [0.15, 0.2) is 0 Å². The fourth-order valence-corrected chi connectivity index (χ4v) is 2.80. The Hall–Kier alpha value is -2.33. The second-order valence-electron chi connectivity index (χ2n) is 6.16. The number of carbonyl (C=O) groups is 2. The van der Waals surface area contributed by atoms with Crippen molar-refractivity contribution < 1.29 is 24.0 Å². The number of ketones is 1. The Balaban J connectivity index is 2.08. The zero-order valence-electron chi connectivity index (χ0n) is 14.4. The Morgan fingerprint density at radius 3 is 3.00 bits per heavy atom. The van der Waals surface area contributed by atoms with Gasteiger partial charge < -0.3 is 14.4 Å². The van der Waals surface area contributed by atoms with E-state index in [2.05, 4.69) is 0 Å². The van der Waals surface area contributed by atoms with Crippen LogP contribution in [-0.4, -0.2) is 30.5 Å². The maximum absolute atomic E-state index is 12.2. The summed E-state index contributed by atoms with van der Waals surface area (Å²) in [6.07, 6.45) is 2.65. The van der Waals surface area contributed by atoms with Crippen molar-refractivity contribution in [3.05, 3.63) is 29.3 Å². The summed E-state index contributed by atoms with van der Waals surface area (Å²) >= 11 is 0. The molecule has 1 N–H and O–H groups in total. The molecule has 25 heavy (non-hydrogen) atoms. The number of esters is 1. The van der Waals surface area contributed by atoms with E-state index in [0.29, 0.717) is 24.3 Å². The highest BCUT2D eigenvalue weighted by molar-refractivity contribution is 6.47. The summed E-state index contributed by atoms with van der Waals surface area (Å²) in [6.45, 7) is 2.35. The van der Waals surface area contributed by atoms with E-state index in [9.17, 15) is 14.6 Å². The molecule has 132 valence electrons. The van der Waals surface area contributed by atoms with Crippen molar-refractivity contribution in [2.24, 2.45) is 0 Å². The molecule has 0 fully saturated rings. The highest BCUT2D eigenvalue weighted by atomic mass is 16.5. The van der Waals surface area contributed by atoms with Gasteiger partial charge in [-0.2, -0.15) is 5.26 Å². The van der Waals surface area contributed by atoms with E-state index < -0.39 is 13.1 Å². The predicted molar refractivity (Wildman–Crippen MR) is 92.2 cm³/mol. The minimum Gasteiger partial charge on any atom is -0.535 e. The monoisotopic (exact) mass is 343 g/mol. The SMILES string of the molecule is CCCCOC(=O)c1cccc2c1OB(O)[C@@H](CC(=O)CCC#N)C2. The van der Waals surface area contributed by atoms with Gasteiger partial charge in [0, 0.05) is 25.1 Å². The molecule has 1 aliphatic rings. The van der Waals surface area contributed by atoms with Gasteiger partial charge in [-0.25, -0.2) is 4.79 Å². The van der Waals surface area contributed by atoms with Gasteiger partial charge in [0.05, 0.1) is 12.7 Å². The molecular weight excluding hydrogens is 321 g/mol. The summed E-state index contributed by atoms with van der Waals surface area (Å²) < 4.78 is 10.8. The average molecular weight is 343 g/mol. The molecule has 0 radical (unpaired) electrons. The van der Waals surface area contributed by atoms with Crippen LogP contribution in [-0.2, 0) is 16.0 Å². The lowest BCUT2D eigenvalue weighted by Crippen LogP contribution is -2.35. The molecule has 1 aromatic rings. The lowest BCUT2D eigenvalue weighted by molar-refractivity contribution is -0.119. The molecule has 2 rings (SSSR count). The molecule has 7 heteroatoms. The van der Waals surface area contributed by atoms with Crippen molar-refractivity contribution >= 4 is 18.9 Å². The Labute approximate surface area is 147 Å². The van der Waals surface area contributed by atoms with Gasteiger partial charge >= 0.3 is 13.1 Å². The van der Waals surface area contributed by atoms with Crippen LogP contribution in [0, 0.1) is 11.3 Å². The number of ether oxygens (including phenoxy) is 1. The van der Waals surface area contributed by atoms with Crippen LogP contribution in [0.2, 0.25) is 5.82 Å². The van der Waals surface area contributed by atoms with Gasteiger partial charge in [-0.05, 0) is 24.5 Å². The summed E-state index contributed by atoms with van der Waals surface area (Å²) in [4.78, 5) is 24.1. The van der Waals surface area contributed by atoms with Crippen LogP contribution < -0.4 is 4.65 Å². The third-order valence-corrected chi connectivity index (χ3v) is 4.18. The lowest BCUT2D eigenvalue weighted by Gasteiger charge is -2.28. The number of para-hydroxylation sites is 1. The van der Waals surface area contributed by atoms with Crippen molar-refractivity contribution in [3.8, 4) is 11.8 Å². The summed E-state index contributed by atoms with van der Waals surface area (Å²) in [7, 11) is -1.16. The van der Waals surface area contributed by atoms with Crippen molar-refractivity contribution in [2.45, 2.75) is 51.3 Å². The van der Waals surface area contributed by atoms with Crippen LogP contribution in [0.5, 0.6) is 5.75 Å². The maximum Gasteiger partial charge on any atom is 0.526 e. The highest BCUT2D eigenvalue weighted by Gasteiger charge is 2.37. The number of hydrogen-bond acceptors (Lipinski definition) is 6. The fourth-order valence-electron chi connectivity index (χ4n) is 2.80. The van der Waals surface area contributed by atoms with E-state index in [0.717, 1.165) is 18.4 Å². The van der Waals surface area contributed by atoms with E-state index in [1.165, 1.54) is 0 Å². The van der Waals surface area contributed by atoms with Gasteiger partial charge in [0.2, 0.25) is 0 Å². The molecule has 0 unspecified atom stereocenters. The number of Topliss-reactive ketones (excluding diaryl/α,β-unsaturated/α-hetero) is 1. The van der Waals surface area contributed by atoms with E-state index in [1.807, 2.05) is 19.1 Å². The number of fused-ring (bicyclic) bond motifs is 1. The van der Waals surface area contributed by atoms with Gasteiger partial charge in [0.25, 0.3) is 0 Å². The summed E-state index contributed by atoms with van der Waals surface area (Å²) in [6, 6.07) is 7.10. The van der Waals surface area contributed by atoms with Crippen LogP contribution in [0.3, 0.4) is 0 Å². The molecule has 0 amide bonds. The molecule has 1 heterocycles. The van der Waals surface area contributed by atoms with Crippen LogP contribution in [0.1, 0.15) is 54.9 Å². The number of unbranched alkanes of at least 4 members (excludes halogenated alkanes) is 1. The molecule has 0 aliphatic carbocycles. The van der Waals surface area contributed by atoms with E-state index in [1.54, 1.807) is 12.1 Å². The Morgan fingerprint density at radius 1 is 1.48 bits per heavy atom. The number of nitrogens with zero attached hydrogens (tertiary/aromatic N) is 1. The van der Waals surface area contributed by atoms with Crippen LogP contribution >= 0.6 is 0 Å². The zero-order valence-corrected chi connectivity index (χ0v) is 14.4. The number of benzene rings is 1. The molecule has 1 atom stereocenters. The molecule has 0 spiro atoms. The van der Waals surface area contributed by atoms with Crippen molar-refractivity contribution in [1.29, 1.82) is 5.26 Å². The molecule has 0 bridgehead atoms. The van der Waals surface area contributed by atoms with E-state index in [-0.39, 0.29) is 30.9 Å². The quantitative estimate of drug-likeness (QED) is 0.443. The average Bonchev–Trinajstić information content (AvgIpc) is 2.60. The molecule has 0 saturated heterocycles. The van der Waals surface area contributed by atoms with Gasteiger partial charge in [-0.3, -0.25) is 4.79 Å². The second kappa shape index (κ2) is 9.23. The van der Waals surface area contributed by atoms with Gasteiger partial charge in [-0.15, -0.1) is 0 Å². The minimum atomic E-state index is -1.16. The molecule has 0 saturated carbocycles. The molecule has 6 nitrogen and oxygen atoms in total. The normalized spacial score (nSPS) is 15.7. The number of hydrogen-bond donors (Lipinski definition) is 1. The first-order chi connectivity index (χ1) is 12.1. The number of nitriles is 1. The zero-order chi connectivity index (χ0) is 18.2. The first-order valence-electron chi connectivity index (χ1n) is 8.59. The minimum absolute atomic E-state index is 0.0761. The maximum atomic E-state index is 12.2. The van der Waals surface area contributed by atoms with Crippen molar-refractivity contribution in [1.82, 2.24) is 0 Å². The molecule has 1 aliphatic heterocycles. The topological polar surface area (TPSA) is 96.6 Å². The third-order valence-electron chi connectivity index (χ3n) is 4.18.